The SMILES string of the molecule is CC(C)OCC(O)CSc1ccc(C(F)(F)F)cn1. The monoisotopic (exact) mass is 295 g/mol. The fourth-order valence-corrected chi connectivity index (χ4v) is 1.92. The Morgan fingerprint density at radius 3 is 2.53 bits per heavy atom. The Hall–Kier alpha value is -0.790. The molecule has 0 spiro atoms. The van der Waals surface area contributed by atoms with E-state index >= 15 is 0 Å². The molecule has 1 N–H and O–H groups in total. The van der Waals surface area contributed by atoms with Crippen LogP contribution < -0.4 is 0 Å². The second kappa shape index (κ2) is 7.12. The van der Waals surface area contributed by atoms with E-state index in [-0.39, 0.29) is 12.7 Å². The fourth-order valence-electron chi connectivity index (χ4n) is 1.17. The Bertz CT molecular complexity index is 382. The van der Waals surface area contributed by atoms with Crippen molar-refractivity contribution in [2.75, 3.05) is 12.4 Å². The molecule has 0 radical (unpaired) electrons. The maximum absolute atomic E-state index is 12.3. The Morgan fingerprint density at radius 2 is 2.05 bits per heavy atom. The van der Waals surface area contributed by atoms with Crippen LogP contribution in [0.2, 0.25) is 0 Å². The van der Waals surface area contributed by atoms with Crippen LogP contribution in [0.25, 0.3) is 0 Å². The number of aliphatic hydroxyl groups excluding tert-OH is 1. The third-order valence-corrected chi connectivity index (χ3v) is 3.20. The van der Waals surface area contributed by atoms with Gasteiger partial charge in [0.05, 0.1) is 29.4 Å². The molecule has 3 nitrogen and oxygen atoms in total. The number of aromatic nitrogens is 1. The van der Waals surface area contributed by atoms with E-state index in [1.807, 2.05) is 13.8 Å². The molecule has 1 aromatic heterocycles. The van der Waals surface area contributed by atoms with E-state index in [4.69, 9.17) is 4.74 Å². The lowest BCUT2D eigenvalue weighted by molar-refractivity contribution is -0.137. The number of alkyl halides is 3. The number of hydrogen-bond donors (Lipinski definition) is 1. The molecule has 0 saturated carbocycles. The second-order valence-electron chi connectivity index (χ2n) is 4.23. The van der Waals surface area contributed by atoms with Crippen molar-refractivity contribution in [3.05, 3.63) is 23.9 Å². The lowest BCUT2D eigenvalue weighted by Crippen LogP contribution is -2.20. The first-order valence-corrected chi connectivity index (χ1v) is 6.73. The van der Waals surface area contributed by atoms with Gasteiger partial charge in [-0.15, -0.1) is 11.8 Å². The number of nitrogens with zero attached hydrogens (tertiary/aromatic N) is 1. The maximum atomic E-state index is 12.3. The van der Waals surface area contributed by atoms with Gasteiger partial charge in [0, 0.05) is 11.9 Å². The van der Waals surface area contributed by atoms with Crippen LogP contribution in [0.4, 0.5) is 13.2 Å². The molecular formula is C12H16F3NO2S. The highest BCUT2D eigenvalue weighted by atomic mass is 32.2. The quantitative estimate of drug-likeness (QED) is 0.819. The van der Waals surface area contributed by atoms with Gasteiger partial charge in [-0.2, -0.15) is 13.2 Å². The smallest absolute Gasteiger partial charge is 0.390 e. The third-order valence-electron chi connectivity index (χ3n) is 2.11. The zero-order valence-corrected chi connectivity index (χ0v) is 11.5. The standard InChI is InChI=1S/C12H16F3NO2S/c1-8(2)18-6-10(17)7-19-11-4-3-9(5-16-11)12(13,14)15/h3-5,8,10,17H,6-7H2,1-2H3. The summed E-state index contributed by atoms with van der Waals surface area (Å²) in [5.74, 6) is 0.324. The Balaban J connectivity index is 2.42. The lowest BCUT2D eigenvalue weighted by Gasteiger charge is -2.13. The fraction of sp³-hybridized carbons (Fsp3) is 0.583. The summed E-state index contributed by atoms with van der Waals surface area (Å²) in [6.07, 6.45) is -4.22. The van der Waals surface area contributed by atoms with Crippen molar-refractivity contribution in [3.63, 3.8) is 0 Å². The van der Waals surface area contributed by atoms with Crippen LogP contribution in [0, 0.1) is 0 Å². The van der Waals surface area contributed by atoms with E-state index in [1.54, 1.807) is 0 Å². The number of ether oxygens (including phenoxy) is 1. The molecule has 0 aromatic carbocycles. The summed E-state index contributed by atoms with van der Waals surface area (Å²) in [6, 6.07) is 2.27. The zero-order chi connectivity index (χ0) is 14.5. The van der Waals surface area contributed by atoms with Gasteiger partial charge in [0.1, 0.15) is 0 Å². The van der Waals surface area contributed by atoms with E-state index < -0.39 is 17.8 Å². The molecule has 0 aliphatic rings. The van der Waals surface area contributed by atoms with Crippen LogP contribution in [0.3, 0.4) is 0 Å². The van der Waals surface area contributed by atoms with Crippen molar-refractivity contribution in [1.82, 2.24) is 4.98 Å². The predicted octanol–water partition coefficient (Wildman–Crippen LogP) is 2.98. The van der Waals surface area contributed by atoms with Gasteiger partial charge < -0.3 is 9.84 Å². The Kier molecular flexibility index (Phi) is 6.09. The molecule has 1 aromatic rings. The third kappa shape index (κ3) is 6.26. The summed E-state index contributed by atoms with van der Waals surface area (Å²) in [5, 5.41) is 10.0. The average molecular weight is 295 g/mol. The van der Waals surface area contributed by atoms with E-state index in [2.05, 4.69) is 4.98 Å². The van der Waals surface area contributed by atoms with Crippen LogP contribution in [0.15, 0.2) is 23.4 Å². The molecule has 1 rings (SSSR count). The number of pyridine rings is 1. The minimum atomic E-state index is -4.37. The van der Waals surface area contributed by atoms with Crippen LogP contribution in [-0.2, 0) is 10.9 Å². The molecule has 0 fully saturated rings. The first-order valence-electron chi connectivity index (χ1n) is 5.74. The van der Waals surface area contributed by atoms with Crippen molar-refractivity contribution >= 4 is 11.8 Å². The highest BCUT2D eigenvalue weighted by molar-refractivity contribution is 7.99. The molecule has 0 bridgehead atoms. The number of aliphatic hydroxyl groups is 1. The molecule has 0 aliphatic carbocycles. The summed E-state index contributed by atoms with van der Waals surface area (Å²) in [7, 11) is 0. The summed E-state index contributed by atoms with van der Waals surface area (Å²) >= 11 is 1.19. The van der Waals surface area contributed by atoms with Crippen LogP contribution in [-0.4, -0.2) is 34.7 Å². The maximum Gasteiger partial charge on any atom is 0.417 e. The van der Waals surface area contributed by atoms with Crippen molar-refractivity contribution in [2.24, 2.45) is 0 Å². The predicted molar refractivity (Wildman–Crippen MR) is 67.1 cm³/mol. The van der Waals surface area contributed by atoms with Crippen molar-refractivity contribution in [2.45, 2.75) is 37.3 Å². The molecule has 0 saturated heterocycles. The summed E-state index contributed by atoms with van der Waals surface area (Å²) in [5.41, 5.74) is -0.777. The summed E-state index contributed by atoms with van der Waals surface area (Å²) in [4.78, 5) is 3.70. The van der Waals surface area contributed by atoms with Crippen molar-refractivity contribution < 1.29 is 23.0 Å². The van der Waals surface area contributed by atoms with E-state index in [0.29, 0.717) is 10.8 Å². The molecule has 19 heavy (non-hydrogen) atoms. The molecule has 1 heterocycles. The largest absolute Gasteiger partial charge is 0.417 e. The highest BCUT2D eigenvalue weighted by Gasteiger charge is 2.30. The first kappa shape index (κ1) is 16.3. The van der Waals surface area contributed by atoms with Gasteiger partial charge in [-0.25, -0.2) is 4.98 Å². The molecular weight excluding hydrogens is 279 g/mol. The first-order chi connectivity index (χ1) is 8.79. The molecule has 1 unspecified atom stereocenters. The summed E-state index contributed by atoms with van der Waals surface area (Å²) in [6.45, 7) is 3.92. The highest BCUT2D eigenvalue weighted by Crippen LogP contribution is 2.29. The minimum absolute atomic E-state index is 0.0313. The van der Waals surface area contributed by atoms with Gasteiger partial charge in [-0.05, 0) is 26.0 Å². The second-order valence-corrected chi connectivity index (χ2v) is 5.27. The normalized spacial score (nSPS) is 13.8. The number of rotatable bonds is 6. The van der Waals surface area contributed by atoms with E-state index in [1.165, 1.54) is 17.8 Å². The van der Waals surface area contributed by atoms with Crippen LogP contribution >= 0.6 is 11.8 Å². The lowest BCUT2D eigenvalue weighted by atomic mass is 10.3. The Labute approximate surface area is 114 Å². The zero-order valence-electron chi connectivity index (χ0n) is 10.6. The molecule has 108 valence electrons. The number of thioether (sulfide) groups is 1. The van der Waals surface area contributed by atoms with Gasteiger partial charge in [-0.1, -0.05) is 0 Å². The Morgan fingerprint density at radius 1 is 1.37 bits per heavy atom. The van der Waals surface area contributed by atoms with Gasteiger partial charge in [0.2, 0.25) is 0 Å². The molecule has 1 atom stereocenters. The van der Waals surface area contributed by atoms with Gasteiger partial charge in [0.15, 0.2) is 0 Å². The summed E-state index contributed by atoms with van der Waals surface area (Å²) < 4.78 is 42.1. The molecule has 0 aliphatic heterocycles. The van der Waals surface area contributed by atoms with E-state index in [9.17, 15) is 18.3 Å². The molecule has 0 amide bonds. The van der Waals surface area contributed by atoms with Crippen molar-refractivity contribution in [1.29, 1.82) is 0 Å². The van der Waals surface area contributed by atoms with Gasteiger partial charge in [-0.3, -0.25) is 0 Å². The van der Waals surface area contributed by atoms with Crippen LogP contribution in [0.1, 0.15) is 19.4 Å². The number of hydrogen-bond acceptors (Lipinski definition) is 4. The van der Waals surface area contributed by atoms with Crippen LogP contribution in [0.5, 0.6) is 0 Å². The number of halogens is 3. The van der Waals surface area contributed by atoms with E-state index in [0.717, 1.165) is 12.3 Å². The van der Waals surface area contributed by atoms with Crippen molar-refractivity contribution in [3.8, 4) is 0 Å². The average Bonchev–Trinajstić information content (AvgIpc) is 2.33. The van der Waals surface area contributed by atoms with Gasteiger partial charge >= 0.3 is 6.18 Å². The molecule has 7 heteroatoms. The van der Waals surface area contributed by atoms with Gasteiger partial charge in [0.25, 0.3) is 0 Å². The minimum Gasteiger partial charge on any atom is -0.390 e. The topological polar surface area (TPSA) is 42.4 Å².